The third-order valence-electron chi connectivity index (χ3n) is 15.4. The number of aliphatic hydroxyl groups excluding tert-OH is 1. The Labute approximate surface area is 593 Å². The molecule has 0 saturated heterocycles. The van der Waals surface area contributed by atoms with Crippen LogP contribution in [-0.2, 0) is 65.4 Å². The van der Waals surface area contributed by atoms with E-state index in [9.17, 15) is 43.2 Å². The Morgan fingerprint density at radius 3 is 0.908 bits per heavy atom. The van der Waals surface area contributed by atoms with E-state index in [1.807, 2.05) is 0 Å². The molecule has 0 saturated carbocycles. The van der Waals surface area contributed by atoms with Crippen LogP contribution in [0.1, 0.15) is 297 Å². The molecule has 0 amide bonds. The molecule has 0 aliphatic rings. The summed E-state index contributed by atoms with van der Waals surface area (Å²) >= 11 is 0. The number of unbranched alkanes of at least 4 members (excludes halogenated alkanes) is 24. The van der Waals surface area contributed by atoms with Crippen molar-refractivity contribution in [3.05, 3.63) is 122 Å². The number of hydrogen-bond acceptors (Lipinski definition) is 15. The van der Waals surface area contributed by atoms with E-state index in [-0.39, 0.29) is 25.7 Å². The smallest absolute Gasteiger partial charge is 0.462 e. The minimum Gasteiger partial charge on any atom is -0.462 e. The van der Waals surface area contributed by atoms with Crippen molar-refractivity contribution in [3.8, 4) is 0 Å². The van der Waals surface area contributed by atoms with Gasteiger partial charge in [0.05, 0.1) is 26.4 Å². The van der Waals surface area contributed by atoms with Gasteiger partial charge in [-0.15, -0.1) is 0 Å². The van der Waals surface area contributed by atoms with Gasteiger partial charge in [-0.05, 0) is 148 Å². The van der Waals surface area contributed by atoms with Gasteiger partial charge >= 0.3 is 39.5 Å². The number of rotatable bonds is 70. The zero-order valence-corrected chi connectivity index (χ0v) is 63.0. The summed E-state index contributed by atoms with van der Waals surface area (Å²) in [6.07, 6.45) is 76.2. The predicted molar refractivity (Wildman–Crippen MR) is 399 cm³/mol. The van der Waals surface area contributed by atoms with Crippen molar-refractivity contribution in [2.45, 2.75) is 316 Å². The first-order chi connectivity index (χ1) is 47.7. The number of carbonyl (C=O) groups is 4. The molecule has 0 aliphatic carbocycles. The lowest BCUT2D eigenvalue weighted by molar-refractivity contribution is -0.161. The molecule has 3 N–H and O–H groups in total. The molecule has 0 rings (SSSR count). The largest absolute Gasteiger partial charge is 0.472 e. The van der Waals surface area contributed by atoms with E-state index < -0.39 is 97.5 Å². The van der Waals surface area contributed by atoms with E-state index in [1.165, 1.54) is 32.1 Å². The highest BCUT2D eigenvalue weighted by Crippen LogP contribution is 2.45. The zero-order chi connectivity index (χ0) is 71.8. The van der Waals surface area contributed by atoms with Crippen LogP contribution in [0.2, 0.25) is 0 Å². The summed E-state index contributed by atoms with van der Waals surface area (Å²) in [6, 6.07) is 0. The van der Waals surface area contributed by atoms with Crippen LogP contribution in [0.3, 0.4) is 0 Å². The fourth-order valence-corrected chi connectivity index (χ4v) is 11.2. The average molecular weight is 1420 g/mol. The summed E-state index contributed by atoms with van der Waals surface area (Å²) < 4.78 is 68.3. The summed E-state index contributed by atoms with van der Waals surface area (Å²) in [4.78, 5) is 72.8. The summed E-state index contributed by atoms with van der Waals surface area (Å²) in [5.41, 5.74) is 0. The standard InChI is InChI=1S/C79H134O17P2/c1-5-9-13-17-21-25-29-32-34-35-36-37-39-41-45-48-52-56-60-64-77(82)90-70-75(96-79(84)66-62-58-54-50-46-42-38-33-30-26-22-18-14-10-6-2)72-94-98(87,88)92-68-73(80)67-91-97(85,86)93-71-74(95-78(83)65-61-57-53-49-43-28-24-20-16-12-8-4)69-89-76(81)63-59-55-51-47-44-40-31-27-23-19-15-11-7-3/h9,13,15,19-22,24-27,31-34,36-38,41,45,73-75,80H,5-8,10-12,14,16-18,23,28-30,35,39-40,42-44,46-72H2,1-4H3,(H,85,86)(H,87,88)/b13-9-,19-15-,24-20-,25-21-,26-22-,31-27-,34-32-,37-36-,38-33-,45-41-. The molecule has 0 aromatic carbocycles. The molecule has 562 valence electrons. The molecular weight excluding hydrogens is 1280 g/mol. The van der Waals surface area contributed by atoms with E-state index in [1.54, 1.807) is 0 Å². The number of allylic oxidation sites excluding steroid dienone is 20. The summed E-state index contributed by atoms with van der Waals surface area (Å²) in [5, 5.41) is 10.6. The van der Waals surface area contributed by atoms with Crippen LogP contribution in [0.4, 0.5) is 0 Å². The molecule has 0 spiro atoms. The third kappa shape index (κ3) is 69.9. The summed E-state index contributed by atoms with van der Waals surface area (Å²) in [7, 11) is -9.97. The lowest BCUT2D eigenvalue weighted by Crippen LogP contribution is -2.30. The van der Waals surface area contributed by atoms with Crippen molar-refractivity contribution in [1.29, 1.82) is 0 Å². The number of phosphoric acid groups is 2. The second-order valence-corrected chi connectivity index (χ2v) is 27.8. The first kappa shape index (κ1) is 93.5. The Hall–Kier alpha value is -4.54. The average Bonchev–Trinajstić information content (AvgIpc) is 0.992. The second kappa shape index (κ2) is 70.9. The number of esters is 4. The van der Waals surface area contributed by atoms with Crippen LogP contribution in [0.5, 0.6) is 0 Å². The van der Waals surface area contributed by atoms with E-state index >= 15 is 0 Å². The van der Waals surface area contributed by atoms with Gasteiger partial charge in [-0.2, -0.15) is 0 Å². The Morgan fingerprint density at radius 2 is 0.561 bits per heavy atom. The summed E-state index contributed by atoms with van der Waals surface area (Å²) in [6.45, 7) is 4.54. The van der Waals surface area contributed by atoms with Gasteiger partial charge in [0.25, 0.3) is 0 Å². The maximum Gasteiger partial charge on any atom is 0.472 e. The Kier molecular flexibility index (Phi) is 67.6. The highest BCUT2D eigenvalue weighted by Gasteiger charge is 2.30. The topological polar surface area (TPSA) is 237 Å². The van der Waals surface area contributed by atoms with Gasteiger partial charge in [0, 0.05) is 25.7 Å². The molecule has 5 atom stereocenters. The van der Waals surface area contributed by atoms with Crippen molar-refractivity contribution >= 4 is 39.5 Å². The summed E-state index contributed by atoms with van der Waals surface area (Å²) in [5.74, 6) is -2.25. The maximum atomic E-state index is 13.1. The van der Waals surface area contributed by atoms with E-state index in [0.29, 0.717) is 25.7 Å². The van der Waals surface area contributed by atoms with Gasteiger partial charge < -0.3 is 33.8 Å². The molecule has 0 radical (unpaired) electrons. The van der Waals surface area contributed by atoms with E-state index in [2.05, 4.69) is 149 Å². The first-order valence-electron chi connectivity index (χ1n) is 37.8. The highest BCUT2D eigenvalue weighted by atomic mass is 31.2. The van der Waals surface area contributed by atoms with Gasteiger partial charge in [0.2, 0.25) is 0 Å². The number of ether oxygens (including phenoxy) is 4. The van der Waals surface area contributed by atoms with Crippen molar-refractivity contribution in [3.63, 3.8) is 0 Å². The Morgan fingerprint density at radius 1 is 0.296 bits per heavy atom. The molecule has 98 heavy (non-hydrogen) atoms. The number of phosphoric ester groups is 2. The molecular formula is C79H134O17P2. The molecule has 0 fully saturated rings. The van der Waals surface area contributed by atoms with Crippen LogP contribution in [0, 0.1) is 0 Å². The monoisotopic (exact) mass is 1420 g/mol. The van der Waals surface area contributed by atoms with Crippen LogP contribution in [0.25, 0.3) is 0 Å². The first-order valence-corrected chi connectivity index (χ1v) is 40.8. The quantitative estimate of drug-likeness (QED) is 0.0169. The molecule has 17 nitrogen and oxygen atoms in total. The van der Waals surface area contributed by atoms with Gasteiger partial charge in [-0.3, -0.25) is 37.3 Å². The Balaban J connectivity index is 5.38. The number of carbonyl (C=O) groups excluding carboxylic acids is 4. The van der Waals surface area contributed by atoms with Crippen LogP contribution in [0.15, 0.2) is 122 Å². The van der Waals surface area contributed by atoms with Crippen molar-refractivity contribution < 1.29 is 80.2 Å². The van der Waals surface area contributed by atoms with Gasteiger partial charge in [0.15, 0.2) is 12.2 Å². The van der Waals surface area contributed by atoms with Gasteiger partial charge in [-0.25, -0.2) is 9.13 Å². The fourth-order valence-electron chi connectivity index (χ4n) is 9.59. The SMILES string of the molecule is CC/C=C\C/C=C\C/C=C\C/C=C\C/C=C\CCCCCC(=O)OCC(COP(=O)(O)OCC(O)COP(=O)(O)OCC(COC(=O)CCCCCCC/C=C\C/C=C\CCC)OC(=O)CCCCCCC/C=C\CCCC)OC(=O)CCCCCCC/C=C\C/C=C\CCCCC. The highest BCUT2D eigenvalue weighted by molar-refractivity contribution is 7.47. The minimum atomic E-state index is -4.99. The van der Waals surface area contributed by atoms with Crippen molar-refractivity contribution in [2.75, 3.05) is 39.6 Å². The molecule has 0 bridgehead atoms. The zero-order valence-electron chi connectivity index (χ0n) is 61.2. The molecule has 5 unspecified atom stereocenters. The molecule has 0 aromatic heterocycles. The molecule has 19 heteroatoms. The van der Waals surface area contributed by atoms with Crippen LogP contribution >= 0.6 is 15.6 Å². The lowest BCUT2D eigenvalue weighted by Gasteiger charge is -2.21. The fraction of sp³-hybridized carbons (Fsp3) is 0.696. The van der Waals surface area contributed by atoms with Gasteiger partial charge in [-0.1, -0.05) is 246 Å². The Bertz CT molecular complexity index is 2340. The van der Waals surface area contributed by atoms with Crippen molar-refractivity contribution in [1.82, 2.24) is 0 Å². The maximum absolute atomic E-state index is 13.1. The predicted octanol–water partition coefficient (Wildman–Crippen LogP) is 21.6. The van der Waals surface area contributed by atoms with E-state index in [0.717, 1.165) is 186 Å². The molecule has 0 aliphatic heterocycles. The van der Waals surface area contributed by atoms with Crippen LogP contribution in [-0.4, -0.2) is 96.7 Å². The van der Waals surface area contributed by atoms with Gasteiger partial charge in [0.1, 0.15) is 19.3 Å². The molecule has 0 aromatic rings. The molecule has 0 heterocycles. The minimum absolute atomic E-state index is 0.0686. The third-order valence-corrected chi connectivity index (χ3v) is 17.3. The second-order valence-electron chi connectivity index (χ2n) is 24.8. The number of aliphatic hydroxyl groups is 1. The van der Waals surface area contributed by atoms with E-state index in [4.69, 9.17) is 37.0 Å². The van der Waals surface area contributed by atoms with Crippen LogP contribution < -0.4 is 0 Å². The lowest BCUT2D eigenvalue weighted by atomic mass is 10.1. The van der Waals surface area contributed by atoms with Crippen molar-refractivity contribution in [2.24, 2.45) is 0 Å². The normalized spacial score (nSPS) is 14.6. The number of hydrogen-bond donors (Lipinski definition) is 3.